The summed E-state index contributed by atoms with van der Waals surface area (Å²) in [5.74, 6) is 0. The highest BCUT2D eigenvalue weighted by atomic mass is 79.9. The molecule has 0 aliphatic heterocycles. The van der Waals surface area contributed by atoms with Crippen LogP contribution < -0.4 is 5.32 Å². The first-order valence-electron chi connectivity index (χ1n) is 5.57. The summed E-state index contributed by atoms with van der Waals surface area (Å²) in [5, 5.41) is 21.8. The van der Waals surface area contributed by atoms with Crippen molar-refractivity contribution in [1.82, 2.24) is 20.3 Å². The predicted octanol–water partition coefficient (Wildman–Crippen LogP) is 1.72. The number of nitrogens with zero attached hydrogens (tertiary/aromatic N) is 4. The largest absolute Gasteiger partial charge is 0.314 e. The minimum absolute atomic E-state index is 0.0491. The van der Waals surface area contributed by atoms with Crippen molar-refractivity contribution in [3.63, 3.8) is 0 Å². The summed E-state index contributed by atoms with van der Waals surface area (Å²) in [5.41, 5.74) is 1.66. The van der Waals surface area contributed by atoms with Crippen LogP contribution in [0.25, 0.3) is 0 Å². The molecule has 2 aromatic rings. The standard InChI is InChI=1S/C11H12BrN5O2/c1-13-5-9-7-16(15-14-9)6-8-3-2-4-10(11(8)12)17(18)19/h2-4,7,13H,5-6H2,1H3. The fraction of sp³-hybridized carbons (Fsp3) is 0.273. The summed E-state index contributed by atoms with van der Waals surface area (Å²) >= 11 is 3.26. The fourth-order valence-corrected chi connectivity index (χ4v) is 2.22. The van der Waals surface area contributed by atoms with Gasteiger partial charge in [-0.25, -0.2) is 4.68 Å². The van der Waals surface area contributed by atoms with Crippen LogP contribution in [0.4, 0.5) is 5.69 Å². The first-order chi connectivity index (χ1) is 9.11. The van der Waals surface area contributed by atoms with Crippen molar-refractivity contribution in [2.75, 3.05) is 7.05 Å². The first kappa shape index (κ1) is 13.6. The molecular formula is C11H12BrN5O2. The molecule has 8 heteroatoms. The third-order valence-corrected chi connectivity index (χ3v) is 3.45. The number of hydrogen-bond donors (Lipinski definition) is 1. The molecule has 0 spiro atoms. The minimum Gasteiger partial charge on any atom is -0.314 e. The third kappa shape index (κ3) is 3.15. The Balaban J connectivity index is 2.23. The van der Waals surface area contributed by atoms with Crippen molar-refractivity contribution in [2.24, 2.45) is 0 Å². The van der Waals surface area contributed by atoms with Crippen LogP contribution in [-0.4, -0.2) is 27.0 Å². The molecule has 0 aliphatic carbocycles. The molecule has 1 aromatic carbocycles. The summed E-state index contributed by atoms with van der Waals surface area (Å²) in [6.07, 6.45) is 1.81. The Labute approximate surface area is 117 Å². The molecule has 0 saturated carbocycles. The maximum atomic E-state index is 10.8. The van der Waals surface area contributed by atoms with Crippen molar-refractivity contribution >= 4 is 21.6 Å². The Kier molecular flexibility index (Phi) is 4.23. The Hall–Kier alpha value is -1.80. The molecule has 0 saturated heterocycles. The van der Waals surface area contributed by atoms with E-state index in [4.69, 9.17) is 0 Å². The summed E-state index contributed by atoms with van der Waals surface area (Å²) in [7, 11) is 1.83. The van der Waals surface area contributed by atoms with Crippen LogP contribution in [0.5, 0.6) is 0 Å². The Morgan fingerprint density at radius 3 is 3.00 bits per heavy atom. The lowest BCUT2D eigenvalue weighted by atomic mass is 10.2. The van der Waals surface area contributed by atoms with Gasteiger partial charge in [0.15, 0.2) is 0 Å². The smallest absolute Gasteiger partial charge is 0.283 e. The van der Waals surface area contributed by atoms with Crippen LogP contribution in [0.3, 0.4) is 0 Å². The second-order valence-electron chi connectivity index (χ2n) is 3.95. The van der Waals surface area contributed by atoms with Gasteiger partial charge in [-0.05, 0) is 28.5 Å². The Morgan fingerprint density at radius 1 is 1.53 bits per heavy atom. The molecule has 0 fully saturated rings. The molecule has 0 radical (unpaired) electrons. The quantitative estimate of drug-likeness (QED) is 0.668. The lowest BCUT2D eigenvalue weighted by Gasteiger charge is -2.04. The second-order valence-corrected chi connectivity index (χ2v) is 4.74. The maximum absolute atomic E-state index is 10.8. The highest BCUT2D eigenvalue weighted by Gasteiger charge is 2.15. The SMILES string of the molecule is CNCc1cn(Cc2cccc([N+](=O)[O-])c2Br)nn1. The van der Waals surface area contributed by atoms with Gasteiger partial charge in [0.25, 0.3) is 5.69 Å². The van der Waals surface area contributed by atoms with Gasteiger partial charge < -0.3 is 5.32 Å². The van der Waals surface area contributed by atoms with Crippen molar-refractivity contribution in [3.05, 3.63) is 50.2 Å². The number of hydrogen-bond acceptors (Lipinski definition) is 5. The van der Waals surface area contributed by atoms with E-state index in [2.05, 4.69) is 31.6 Å². The van der Waals surface area contributed by atoms with Gasteiger partial charge in [0.05, 0.1) is 23.4 Å². The van der Waals surface area contributed by atoms with Crippen LogP contribution in [-0.2, 0) is 13.1 Å². The van der Waals surface area contributed by atoms with Crippen molar-refractivity contribution < 1.29 is 4.92 Å². The van der Waals surface area contributed by atoms with E-state index in [1.54, 1.807) is 10.7 Å². The molecule has 1 N–H and O–H groups in total. The highest BCUT2D eigenvalue weighted by Crippen LogP contribution is 2.28. The van der Waals surface area contributed by atoms with Gasteiger partial charge in [-0.1, -0.05) is 17.3 Å². The van der Waals surface area contributed by atoms with E-state index in [0.717, 1.165) is 11.3 Å². The van der Waals surface area contributed by atoms with E-state index in [1.165, 1.54) is 6.07 Å². The van der Waals surface area contributed by atoms with Crippen molar-refractivity contribution in [2.45, 2.75) is 13.1 Å². The third-order valence-electron chi connectivity index (χ3n) is 2.53. The molecule has 0 amide bonds. The van der Waals surface area contributed by atoms with Crippen LogP contribution in [0.2, 0.25) is 0 Å². The molecule has 2 rings (SSSR count). The maximum Gasteiger partial charge on any atom is 0.283 e. The monoisotopic (exact) mass is 325 g/mol. The molecular weight excluding hydrogens is 314 g/mol. The van der Waals surface area contributed by atoms with Gasteiger partial charge in [0.1, 0.15) is 4.47 Å². The van der Waals surface area contributed by atoms with E-state index >= 15 is 0 Å². The number of aromatic nitrogens is 3. The fourth-order valence-electron chi connectivity index (χ4n) is 1.68. The van der Waals surface area contributed by atoms with Crippen LogP contribution in [0.1, 0.15) is 11.3 Å². The second kappa shape index (κ2) is 5.89. The van der Waals surface area contributed by atoms with Gasteiger partial charge >= 0.3 is 0 Å². The Bertz CT molecular complexity index is 599. The van der Waals surface area contributed by atoms with E-state index < -0.39 is 4.92 Å². The minimum atomic E-state index is -0.415. The lowest BCUT2D eigenvalue weighted by Crippen LogP contribution is -2.05. The van der Waals surface area contributed by atoms with Gasteiger partial charge in [0.2, 0.25) is 0 Å². The van der Waals surface area contributed by atoms with Crippen LogP contribution in [0.15, 0.2) is 28.9 Å². The van der Waals surface area contributed by atoms with Crippen LogP contribution in [0, 0.1) is 10.1 Å². The molecule has 19 heavy (non-hydrogen) atoms. The molecule has 0 aliphatic rings. The number of benzene rings is 1. The van der Waals surface area contributed by atoms with E-state index in [0.29, 0.717) is 17.6 Å². The number of nitrogens with one attached hydrogen (secondary N) is 1. The summed E-state index contributed by atoms with van der Waals surface area (Å²) in [6, 6.07) is 4.93. The zero-order valence-electron chi connectivity index (χ0n) is 10.2. The topological polar surface area (TPSA) is 85.9 Å². The average molecular weight is 326 g/mol. The summed E-state index contributed by atoms with van der Waals surface area (Å²) in [6.45, 7) is 1.06. The summed E-state index contributed by atoms with van der Waals surface area (Å²) in [4.78, 5) is 10.4. The van der Waals surface area contributed by atoms with Gasteiger partial charge in [-0.3, -0.25) is 10.1 Å². The number of halogens is 1. The number of rotatable bonds is 5. The van der Waals surface area contributed by atoms with Gasteiger partial charge in [-0.15, -0.1) is 5.10 Å². The number of nitro groups is 1. The zero-order valence-corrected chi connectivity index (χ0v) is 11.8. The normalized spacial score (nSPS) is 10.6. The van der Waals surface area contributed by atoms with E-state index in [-0.39, 0.29) is 5.69 Å². The van der Waals surface area contributed by atoms with Crippen molar-refractivity contribution in [3.8, 4) is 0 Å². The summed E-state index contributed by atoms with van der Waals surface area (Å²) < 4.78 is 2.13. The van der Waals surface area contributed by atoms with Gasteiger partial charge in [-0.2, -0.15) is 0 Å². The molecule has 0 unspecified atom stereocenters. The lowest BCUT2D eigenvalue weighted by molar-refractivity contribution is -0.385. The number of nitro benzene ring substituents is 1. The molecule has 0 atom stereocenters. The highest BCUT2D eigenvalue weighted by molar-refractivity contribution is 9.10. The molecule has 7 nitrogen and oxygen atoms in total. The Morgan fingerprint density at radius 2 is 2.32 bits per heavy atom. The molecule has 0 bridgehead atoms. The van der Waals surface area contributed by atoms with E-state index in [9.17, 15) is 10.1 Å². The predicted molar refractivity (Wildman–Crippen MR) is 72.7 cm³/mol. The van der Waals surface area contributed by atoms with Crippen molar-refractivity contribution in [1.29, 1.82) is 0 Å². The van der Waals surface area contributed by atoms with Gasteiger partial charge in [0, 0.05) is 12.6 Å². The van der Waals surface area contributed by atoms with E-state index in [1.807, 2.05) is 19.3 Å². The van der Waals surface area contributed by atoms with Crippen LogP contribution >= 0.6 is 15.9 Å². The molecule has 1 aromatic heterocycles. The molecule has 1 heterocycles. The average Bonchev–Trinajstić information content (AvgIpc) is 2.79. The zero-order chi connectivity index (χ0) is 13.8. The first-order valence-corrected chi connectivity index (χ1v) is 6.36. The molecule has 100 valence electrons.